The lowest BCUT2D eigenvalue weighted by molar-refractivity contribution is 0.0520. The molecule has 36 heavy (non-hydrogen) atoms. The monoisotopic (exact) mass is 609 g/mol. The molecule has 0 aliphatic carbocycles. The van der Waals surface area contributed by atoms with Gasteiger partial charge in [-0.1, -0.05) is 45.7 Å². The van der Waals surface area contributed by atoms with Gasteiger partial charge in [-0.05, 0) is 67.9 Å². The Morgan fingerprint density at radius 3 is 2.39 bits per heavy atom. The number of carbonyl (C=O) groups excluding carboxylic acids is 1. The molecule has 3 aromatic carbocycles. The maximum Gasteiger partial charge on any atom is 0.356 e. The standard InChI is InChI=1S/C25H22BrClNO6PS/c1-4-34-25(29)23-24(35(30,33-3)19-13-16(2)12-17(26)14-19)21-15-18(27)10-11-22(21)28(23)36(31,32)20-8-6-5-7-9-20/h5-15H,4H2,1-3H3. The lowest BCUT2D eigenvalue weighted by atomic mass is 10.2. The van der Waals surface area contributed by atoms with Crippen LogP contribution in [-0.2, 0) is 23.8 Å². The van der Waals surface area contributed by atoms with Gasteiger partial charge >= 0.3 is 5.97 Å². The molecule has 1 unspecified atom stereocenters. The Balaban J connectivity index is 2.23. The second-order valence-electron chi connectivity index (χ2n) is 7.88. The van der Waals surface area contributed by atoms with E-state index in [2.05, 4.69) is 15.9 Å². The lowest BCUT2D eigenvalue weighted by Gasteiger charge is -2.19. The summed E-state index contributed by atoms with van der Waals surface area (Å²) in [5.74, 6) is -0.955. The largest absolute Gasteiger partial charge is 0.461 e. The van der Waals surface area contributed by atoms with Crippen LogP contribution in [0.15, 0.2) is 76.1 Å². The van der Waals surface area contributed by atoms with Gasteiger partial charge in [-0.3, -0.25) is 4.57 Å². The second kappa shape index (κ2) is 10.1. The average molecular weight is 611 g/mol. The Hall–Kier alpha value is -2.42. The van der Waals surface area contributed by atoms with Gasteiger partial charge in [0.1, 0.15) is 0 Å². The van der Waals surface area contributed by atoms with Crippen molar-refractivity contribution < 1.29 is 27.0 Å². The summed E-state index contributed by atoms with van der Waals surface area (Å²) >= 11 is 9.72. The van der Waals surface area contributed by atoms with Gasteiger partial charge < -0.3 is 9.26 Å². The molecule has 11 heteroatoms. The number of aryl methyl sites for hydroxylation is 1. The summed E-state index contributed by atoms with van der Waals surface area (Å²) in [5.41, 5.74) is 0.499. The summed E-state index contributed by atoms with van der Waals surface area (Å²) in [4.78, 5) is 13.4. The molecule has 0 saturated carbocycles. The summed E-state index contributed by atoms with van der Waals surface area (Å²) in [6, 6.07) is 17.2. The van der Waals surface area contributed by atoms with E-state index >= 15 is 0 Å². The fourth-order valence-corrected chi connectivity index (χ4v) is 8.92. The zero-order valence-corrected chi connectivity index (χ0v) is 23.6. The van der Waals surface area contributed by atoms with Gasteiger partial charge in [0.15, 0.2) is 5.69 Å². The highest BCUT2D eigenvalue weighted by atomic mass is 79.9. The predicted molar refractivity (Wildman–Crippen MR) is 145 cm³/mol. The molecule has 0 saturated heterocycles. The van der Waals surface area contributed by atoms with Crippen LogP contribution in [-0.4, -0.2) is 32.1 Å². The van der Waals surface area contributed by atoms with Crippen LogP contribution in [0.4, 0.5) is 0 Å². The van der Waals surface area contributed by atoms with Crippen LogP contribution in [0.2, 0.25) is 5.02 Å². The summed E-state index contributed by atoms with van der Waals surface area (Å²) in [5, 5.41) is 0.644. The Bertz CT molecular complexity index is 1620. The molecule has 0 spiro atoms. The number of hydrogen-bond acceptors (Lipinski definition) is 6. The van der Waals surface area contributed by atoms with Crippen molar-refractivity contribution in [1.82, 2.24) is 3.97 Å². The van der Waals surface area contributed by atoms with Crippen LogP contribution >= 0.6 is 34.9 Å². The van der Waals surface area contributed by atoms with Gasteiger partial charge in [-0.2, -0.15) is 0 Å². The number of halogens is 2. The molecule has 1 heterocycles. The third-order valence-corrected chi connectivity index (χ3v) is 10.4. The van der Waals surface area contributed by atoms with Gasteiger partial charge in [0.2, 0.25) is 0 Å². The van der Waals surface area contributed by atoms with Crippen molar-refractivity contribution in [3.63, 3.8) is 0 Å². The van der Waals surface area contributed by atoms with Gasteiger partial charge in [0, 0.05) is 27.3 Å². The number of ether oxygens (including phenoxy) is 1. The highest BCUT2D eigenvalue weighted by Gasteiger charge is 2.41. The molecule has 0 N–H and O–H groups in total. The van der Waals surface area contributed by atoms with E-state index in [1.807, 2.05) is 13.0 Å². The minimum absolute atomic E-state index is 0.0286. The van der Waals surface area contributed by atoms with Crippen molar-refractivity contribution in [2.75, 3.05) is 13.7 Å². The zero-order chi connectivity index (χ0) is 26.3. The Kier molecular flexibility index (Phi) is 7.51. The van der Waals surface area contributed by atoms with E-state index in [0.717, 1.165) is 9.54 Å². The first-order valence-electron chi connectivity index (χ1n) is 10.8. The Labute approximate surface area is 222 Å². The van der Waals surface area contributed by atoms with Gasteiger partial charge in [0.25, 0.3) is 17.4 Å². The highest BCUT2D eigenvalue weighted by Crippen LogP contribution is 2.49. The molecule has 1 atom stereocenters. The molecule has 1 aromatic heterocycles. The highest BCUT2D eigenvalue weighted by molar-refractivity contribution is 9.10. The third kappa shape index (κ3) is 4.55. The van der Waals surface area contributed by atoms with E-state index in [-0.39, 0.29) is 38.0 Å². The minimum Gasteiger partial charge on any atom is -0.461 e. The molecular weight excluding hydrogens is 589 g/mol. The number of carbonyl (C=O) groups is 1. The molecular formula is C25H22BrClNO6PS. The van der Waals surface area contributed by atoms with E-state index in [4.69, 9.17) is 20.9 Å². The number of rotatable bonds is 7. The van der Waals surface area contributed by atoms with E-state index in [1.54, 1.807) is 37.3 Å². The van der Waals surface area contributed by atoms with Gasteiger partial charge in [-0.15, -0.1) is 0 Å². The first-order chi connectivity index (χ1) is 17.0. The van der Waals surface area contributed by atoms with Crippen LogP contribution in [0, 0.1) is 6.92 Å². The Morgan fingerprint density at radius 2 is 1.78 bits per heavy atom. The molecule has 0 bridgehead atoms. The number of esters is 1. The first-order valence-corrected chi connectivity index (χ1v) is 15.0. The first kappa shape index (κ1) is 26.6. The maximum atomic E-state index is 14.7. The number of benzene rings is 3. The van der Waals surface area contributed by atoms with Gasteiger partial charge in [0.05, 0.1) is 22.3 Å². The predicted octanol–water partition coefficient (Wildman–Crippen LogP) is 5.65. The number of fused-ring (bicyclic) bond motifs is 1. The SMILES string of the molecule is CCOC(=O)c1c(P(=O)(OC)c2cc(C)cc(Br)c2)c2cc(Cl)ccc2n1S(=O)(=O)c1ccccc1. The maximum absolute atomic E-state index is 14.7. The van der Waals surface area contributed by atoms with Crippen molar-refractivity contribution >= 4 is 72.4 Å². The van der Waals surface area contributed by atoms with Crippen molar-refractivity contribution in [2.45, 2.75) is 18.7 Å². The van der Waals surface area contributed by atoms with Crippen LogP contribution < -0.4 is 10.6 Å². The number of aromatic nitrogens is 1. The smallest absolute Gasteiger partial charge is 0.356 e. The molecule has 0 aliphatic rings. The molecule has 0 amide bonds. The summed E-state index contributed by atoms with van der Waals surface area (Å²) in [6.45, 7) is 3.39. The molecule has 4 aromatic rings. The lowest BCUT2D eigenvalue weighted by Crippen LogP contribution is -2.28. The zero-order valence-electron chi connectivity index (χ0n) is 19.6. The third-order valence-electron chi connectivity index (χ3n) is 5.53. The van der Waals surface area contributed by atoms with Crippen molar-refractivity contribution in [3.8, 4) is 0 Å². The minimum atomic E-state index is -4.33. The molecule has 0 aliphatic heterocycles. The molecule has 188 valence electrons. The van der Waals surface area contributed by atoms with Crippen molar-refractivity contribution in [2.24, 2.45) is 0 Å². The van der Waals surface area contributed by atoms with E-state index in [0.29, 0.717) is 4.47 Å². The quantitative estimate of drug-likeness (QED) is 0.198. The van der Waals surface area contributed by atoms with Crippen molar-refractivity contribution in [3.05, 3.63) is 87.5 Å². The van der Waals surface area contributed by atoms with Crippen LogP contribution in [0.25, 0.3) is 10.9 Å². The molecule has 4 rings (SSSR count). The molecule has 7 nitrogen and oxygen atoms in total. The topological polar surface area (TPSA) is 91.7 Å². The van der Waals surface area contributed by atoms with Crippen LogP contribution in [0.1, 0.15) is 23.0 Å². The fraction of sp³-hybridized carbons (Fsp3) is 0.160. The van der Waals surface area contributed by atoms with E-state index in [9.17, 15) is 17.8 Å². The average Bonchev–Trinajstić information content (AvgIpc) is 3.19. The van der Waals surface area contributed by atoms with E-state index < -0.39 is 29.1 Å². The normalized spacial score (nSPS) is 13.5. The van der Waals surface area contributed by atoms with Crippen LogP contribution in [0.3, 0.4) is 0 Å². The summed E-state index contributed by atoms with van der Waals surface area (Å²) in [7, 11) is -7.13. The summed E-state index contributed by atoms with van der Waals surface area (Å²) < 4.78 is 55.0. The second-order valence-corrected chi connectivity index (χ2v) is 13.5. The molecule has 0 fully saturated rings. The van der Waals surface area contributed by atoms with Crippen molar-refractivity contribution in [1.29, 1.82) is 0 Å². The Morgan fingerprint density at radius 1 is 1.08 bits per heavy atom. The summed E-state index contributed by atoms with van der Waals surface area (Å²) in [6.07, 6.45) is 0. The molecule has 0 radical (unpaired) electrons. The fourth-order valence-electron chi connectivity index (χ4n) is 4.06. The number of hydrogen-bond donors (Lipinski definition) is 0. The van der Waals surface area contributed by atoms with E-state index in [1.165, 1.54) is 37.4 Å². The van der Waals surface area contributed by atoms with Crippen LogP contribution in [0.5, 0.6) is 0 Å². The number of nitrogens with zero attached hydrogens (tertiary/aromatic N) is 1. The van der Waals surface area contributed by atoms with Gasteiger partial charge in [-0.25, -0.2) is 17.2 Å².